The second-order valence-corrected chi connectivity index (χ2v) is 11.9. The number of nitrogens with two attached hydrogens (primary N) is 1. The minimum Gasteiger partial charge on any atom is -0.383 e. The number of aromatic amines is 1. The molecule has 0 unspecified atom stereocenters. The van der Waals surface area contributed by atoms with Gasteiger partial charge in [0.15, 0.2) is 5.65 Å². The van der Waals surface area contributed by atoms with E-state index in [1.165, 1.54) is 16.5 Å². The lowest BCUT2D eigenvalue weighted by Gasteiger charge is -2.38. The Hall–Kier alpha value is -4.85. The van der Waals surface area contributed by atoms with Crippen molar-refractivity contribution in [2.24, 2.45) is 0 Å². The molecule has 1 aliphatic heterocycles. The van der Waals surface area contributed by atoms with E-state index >= 15 is 0 Å². The molecule has 0 radical (unpaired) electrons. The standard InChI is InChI=1S/C31H30F3N11/c32-31(33,34)30-41-40-25-16-43(12-13-44(25)30)20-7-9-21(10-8-20)45-29-26(28(35)36-17-37-29)27(42-45)19-6-11-22-23(15-19)39-24(38-22)14-18-4-2-1-3-5-18/h1-6,11,15,17,20-21H,7-10,12-14,16H2,(H,38,39)(H2,35,36,37)/t20-,21+. The fourth-order valence-corrected chi connectivity index (χ4v) is 6.90. The van der Waals surface area contributed by atoms with Gasteiger partial charge in [-0.25, -0.2) is 19.6 Å². The number of imidazole rings is 1. The lowest BCUT2D eigenvalue weighted by Crippen LogP contribution is -2.43. The minimum atomic E-state index is -4.50. The van der Waals surface area contributed by atoms with Crippen molar-refractivity contribution >= 4 is 27.9 Å². The van der Waals surface area contributed by atoms with Gasteiger partial charge in [-0.1, -0.05) is 36.4 Å². The fraction of sp³-hybridized carbons (Fsp3) is 0.355. The number of alkyl halides is 3. The molecule has 4 aromatic heterocycles. The molecule has 6 aromatic rings. The number of hydrogen-bond acceptors (Lipinski definition) is 8. The topological polar surface area (TPSA) is 132 Å². The first-order valence-corrected chi connectivity index (χ1v) is 15.1. The van der Waals surface area contributed by atoms with Crippen LogP contribution in [-0.2, 0) is 25.7 Å². The first kappa shape index (κ1) is 27.7. The quantitative estimate of drug-likeness (QED) is 0.273. The molecule has 0 bridgehead atoms. The number of halogens is 3. The average Bonchev–Trinajstić information content (AvgIpc) is 3.76. The van der Waals surface area contributed by atoms with Crippen molar-refractivity contribution in [2.75, 3.05) is 12.3 Å². The first-order chi connectivity index (χ1) is 21.8. The summed E-state index contributed by atoms with van der Waals surface area (Å²) in [4.78, 5) is 19.4. The fourth-order valence-electron chi connectivity index (χ4n) is 6.90. The average molecular weight is 614 g/mol. The van der Waals surface area contributed by atoms with Crippen LogP contribution in [0.5, 0.6) is 0 Å². The number of hydrogen-bond donors (Lipinski definition) is 2. The molecule has 0 spiro atoms. The highest BCUT2D eigenvalue weighted by Gasteiger charge is 2.40. The summed E-state index contributed by atoms with van der Waals surface area (Å²) in [5.74, 6) is 0.713. The van der Waals surface area contributed by atoms with E-state index in [1.807, 2.05) is 41.1 Å². The second kappa shape index (κ2) is 10.6. The zero-order chi connectivity index (χ0) is 30.7. The SMILES string of the molecule is Nc1ncnc2c1c(-c1ccc3[nH]c(Cc4ccccc4)nc3c1)nn2[C@H]1CC[C@@H](N2CCn3c(nnc3C(F)(F)F)C2)CC1. The molecule has 2 aromatic carbocycles. The molecule has 0 amide bonds. The molecular formula is C31H30F3N11. The summed E-state index contributed by atoms with van der Waals surface area (Å²) < 4.78 is 43.0. The molecule has 5 heterocycles. The molecule has 1 aliphatic carbocycles. The lowest BCUT2D eigenvalue weighted by atomic mass is 9.90. The predicted octanol–water partition coefficient (Wildman–Crippen LogP) is 5.15. The van der Waals surface area contributed by atoms with E-state index in [2.05, 4.69) is 42.2 Å². The van der Waals surface area contributed by atoms with Crippen LogP contribution in [0.1, 0.15) is 54.8 Å². The van der Waals surface area contributed by atoms with Gasteiger partial charge in [0.05, 0.1) is 29.0 Å². The van der Waals surface area contributed by atoms with Gasteiger partial charge in [0.2, 0.25) is 5.82 Å². The molecule has 11 nitrogen and oxygen atoms in total. The van der Waals surface area contributed by atoms with E-state index in [-0.39, 0.29) is 18.6 Å². The molecule has 45 heavy (non-hydrogen) atoms. The third-order valence-corrected chi connectivity index (χ3v) is 9.10. The molecule has 14 heteroatoms. The van der Waals surface area contributed by atoms with Crippen molar-refractivity contribution in [1.29, 1.82) is 0 Å². The number of nitrogens with one attached hydrogen (secondary N) is 1. The molecule has 0 saturated heterocycles. The van der Waals surface area contributed by atoms with Gasteiger partial charge in [-0.15, -0.1) is 10.2 Å². The third kappa shape index (κ3) is 4.98. The maximum Gasteiger partial charge on any atom is 0.451 e. The summed E-state index contributed by atoms with van der Waals surface area (Å²) in [6.45, 7) is 1.12. The molecule has 3 N–H and O–H groups in total. The minimum absolute atomic E-state index is 0.101. The maximum absolute atomic E-state index is 13.3. The van der Waals surface area contributed by atoms with E-state index in [4.69, 9.17) is 15.8 Å². The number of rotatable bonds is 5. The van der Waals surface area contributed by atoms with Crippen molar-refractivity contribution < 1.29 is 13.2 Å². The Bertz CT molecular complexity index is 2000. The largest absolute Gasteiger partial charge is 0.451 e. The van der Waals surface area contributed by atoms with E-state index in [0.29, 0.717) is 36.8 Å². The van der Waals surface area contributed by atoms with Crippen LogP contribution in [0.15, 0.2) is 54.9 Å². The number of nitrogens with zero attached hydrogens (tertiary/aromatic N) is 9. The summed E-state index contributed by atoms with van der Waals surface area (Å²) >= 11 is 0. The van der Waals surface area contributed by atoms with Crippen LogP contribution < -0.4 is 5.73 Å². The summed E-state index contributed by atoms with van der Waals surface area (Å²) in [6.07, 6.45) is 1.14. The van der Waals surface area contributed by atoms with E-state index in [9.17, 15) is 13.2 Å². The van der Waals surface area contributed by atoms with Crippen molar-refractivity contribution in [3.05, 3.63) is 77.9 Å². The van der Waals surface area contributed by atoms with Crippen LogP contribution in [0.4, 0.5) is 19.0 Å². The van der Waals surface area contributed by atoms with Crippen LogP contribution in [-0.4, -0.2) is 62.0 Å². The monoisotopic (exact) mass is 613 g/mol. The number of benzene rings is 2. The van der Waals surface area contributed by atoms with Gasteiger partial charge in [0.1, 0.15) is 29.5 Å². The Labute approximate surface area is 255 Å². The van der Waals surface area contributed by atoms with Crippen molar-refractivity contribution in [3.8, 4) is 11.3 Å². The van der Waals surface area contributed by atoms with E-state index in [0.717, 1.165) is 59.2 Å². The van der Waals surface area contributed by atoms with Gasteiger partial charge >= 0.3 is 6.18 Å². The first-order valence-electron chi connectivity index (χ1n) is 15.1. The highest BCUT2D eigenvalue weighted by molar-refractivity contribution is 5.99. The Kier molecular flexibility index (Phi) is 6.55. The Morgan fingerprint density at radius 3 is 2.53 bits per heavy atom. The summed E-state index contributed by atoms with van der Waals surface area (Å²) in [7, 11) is 0. The molecule has 2 aliphatic rings. The summed E-state index contributed by atoms with van der Waals surface area (Å²) in [5, 5.41) is 13.1. The van der Waals surface area contributed by atoms with Crippen LogP contribution >= 0.6 is 0 Å². The van der Waals surface area contributed by atoms with Crippen LogP contribution in [0.25, 0.3) is 33.3 Å². The lowest BCUT2D eigenvalue weighted by molar-refractivity contribution is -0.148. The molecule has 230 valence electrons. The van der Waals surface area contributed by atoms with Gasteiger partial charge < -0.3 is 15.3 Å². The van der Waals surface area contributed by atoms with Crippen molar-refractivity contribution in [2.45, 2.75) is 63.5 Å². The molecule has 0 atom stereocenters. The van der Waals surface area contributed by atoms with Crippen LogP contribution in [0, 0.1) is 0 Å². The maximum atomic E-state index is 13.3. The van der Waals surface area contributed by atoms with Gasteiger partial charge in [-0.2, -0.15) is 18.3 Å². The normalized spacial score (nSPS) is 19.4. The third-order valence-electron chi connectivity index (χ3n) is 9.10. The highest BCUT2D eigenvalue weighted by atomic mass is 19.4. The van der Waals surface area contributed by atoms with E-state index in [1.54, 1.807) is 0 Å². The zero-order valence-corrected chi connectivity index (χ0v) is 24.2. The second-order valence-electron chi connectivity index (χ2n) is 11.9. The molecular weight excluding hydrogens is 583 g/mol. The number of fused-ring (bicyclic) bond motifs is 3. The van der Waals surface area contributed by atoms with Crippen LogP contribution in [0.3, 0.4) is 0 Å². The van der Waals surface area contributed by atoms with E-state index < -0.39 is 12.0 Å². The van der Waals surface area contributed by atoms with Gasteiger partial charge in [0.25, 0.3) is 0 Å². The molecule has 1 saturated carbocycles. The van der Waals surface area contributed by atoms with Crippen molar-refractivity contribution in [3.63, 3.8) is 0 Å². The Morgan fingerprint density at radius 1 is 0.933 bits per heavy atom. The zero-order valence-electron chi connectivity index (χ0n) is 24.2. The summed E-state index contributed by atoms with van der Waals surface area (Å²) in [6, 6.07) is 16.6. The van der Waals surface area contributed by atoms with Gasteiger partial charge in [-0.05, 0) is 43.4 Å². The Balaban J connectivity index is 1.03. The van der Waals surface area contributed by atoms with Gasteiger partial charge in [0, 0.05) is 31.1 Å². The van der Waals surface area contributed by atoms with Gasteiger partial charge in [-0.3, -0.25) is 4.90 Å². The number of aromatic nitrogens is 9. The summed E-state index contributed by atoms with van der Waals surface area (Å²) in [5.41, 5.74) is 11.7. The highest BCUT2D eigenvalue weighted by Crippen LogP contribution is 2.38. The number of anilines is 1. The number of nitrogen functional groups attached to an aromatic ring is 1. The number of H-pyrrole nitrogens is 1. The Morgan fingerprint density at radius 2 is 1.73 bits per heavy atom. The van der Waals surface area contributed by atoms with Crippen LogP contribution in [0.2, 0.25) is 0 Å². The smallest absolute Gasteiger partial charge is 0.383 e. The molecule has 8 rings (SSSR count). The van der Waals surface area contributed by atoms with Crippen molar-refractivity contribution in [1.82, 2.24) is 49.4 Å². The molecule has 1 fully saturated rings. The predicted molar refractivity (Wildman–Crippen MR) is 161 cm³/mol.